The van der Waals surface area contributed by atoms with Gasteiger partial charge in [-0.25, -0.2) is 4.98 Å². The molecule has 0 radical (unpaired) electrons. The number of halogens is 2. The van der Waals surface area contributed by atoms with Gasteiger partial charge in [0.25, 0.3) is 5.91 Å². The van der Waals surface area contributed by atoms with Crippen molar-refractivity contribution in [3.05, 3.63) is 52.6 Å². The standard InChI is InChI=1S/C22H27ClN4O2.ClH/c23-20-15-24-21(26-20)22(28)25-19-7-6-16(8-9-27-10-12-29-13-11-27)14-18(19)17-4-2-1-3-5-17;/h4,6-7,14-15H,1-3,5,8-13H2,(H,24,26)(H,25,28);1H. The number of carbonyl (C=O) groups excluding carboxylic acids is 1. The van der Waals surface area contributed by atoms with Crippen LogP contribution in [0.15, 0.2) is 30.5 Å². The summed E-state index contributed by atoms with van der Waals surface area (Å²) in [6.45, 7) is 4.66. The minimum absolute atomic E-state index is 0. The van der Waals surface area contributed by atoms with Gasteiger partial charge in [-0.3, -0.25) is 9.69 Å². The third-order valence-electron chi connectivity index (χ3n) is 5.55. The van der Waals surface area contributed by atoms with Crippen LogP contribution in [-0.2, 0) is 11.2 Å². The zero-order valence-corrected chi connectivity index (χ0v) is 18.5. The minimum atomic E-state index is -0.282. The van der Waals surface area contributed by atoms with Gasteiger partial charge in [-0.1, -0.05) is 23.7 Å². The molecule has 8 heteroatoms. The van der Waals surface area contributed by atoms with E-state index in [1.165, 1.54) is 30.2 Å². The molecule has 1 fully saturated rings. The third kappa shape index (κ3) is 5.85. The first-order valence-electron chi connectivity index (χ1n) is 10.3. The van der Waals surface area contributed by atoms with Crippen LogP contribution in [0.1, 0.15) is 47.4 Å². The van der Waals surface area contributed by atoms with E-state index in [2.05, 4.69) is 38.4 Å². The molecule has 2 N–H and O–H groups in total. The number of aromatic amines is 1. The fraction of sp³-hybridized carbons (Fsp3) is 0.455. The molecule has 1 aromatic heterocycles. The van der Waals surface area contributed by atoms with E-state index in [1.807, 2.05) is 6.07 Å². The van der Waals surface area contributed by atoms with Crippen molar-refractivity contribution in [2.75, 3.05) is 38.2 Å². The van der Waals surface area contributed by atoms with E-state index in [1.54, 1.807) is 0 Å². The van der Waals surface area contributed by atoms with Crippen LogP contribution in [0.4, 0.5) is 5.69 Å². The average Bonchev–Trinajstić information content (AvgIpc) is 3.21. The van der Waals surface area contributed by atoms with Crippen LogP contribution in [0.5, 0.6) is 0 Å². The molecule has 30 heavy (non-hydrogen) atoms. The van der Waals surface area contributed by atoms with Crippen LogP contribution in [-0.4, -0.2) is 53.6 Å². The molecule has 2 heterocycles. The molecule has 0 unspecified atom stereocenters. The van der Waals surface area contributed by atoms with Crippen molar-refractivity contribution in [2.24, 2.45) is 0 Å². The molecule has 1 amide bonds. The van der Waals surface area contributed by atoms with Crippen LogP contribution in [0.25, 0.3) is 5.57 Å². The van der Waals surface area contributed by atoms with Crippen LogP contribution >= 0.6 is 24.0 Å². The zero-order valence-electron chi connectivity index (χ0n) is 17.0. The Morgan fingerprint density at radius 3 is 2.80 bits per heavy atom. The molecule has 1 aliphatic carbocycles. The lowest BCUT2D eigenvalue weighted by molar-refractivity contribution is 0.0384. The van der Waals surface area contributed by atoms with Crippen LogP contribution in [0.2, 0.25) is 5.15 Å². The van der Waals surface area contributed by atoms with Gasteiger partial charge in [0, 0.05) is 30.9 Å². The van der Waals surface area contributed by atoms with Crippen molar-refractivity contribution in [3.8, 4) is 0 Å². The molecule has 1 saturated heterocycles. The van der Waals surface area contributed by atoms with Gasteiger partial charge in [-0.15, -0.1) is 12.4 Å². The van der Waals surface area contributed by atoms with Crippen molar-refractivity contribution in [3.63, 3.8) is 0 Å². The number of hydrogen-bond donors (Lipinski definition) is 2. The summed E-state index contributed by atoms with van der Waals surface area (Å²) in [7, 11) is 0. The van der Waals surface area contributed by atoms with E-state index >= 15 is 0 Å². The molecule has 162 valence electrons. The van der Waals surface area contributed by atoms with Crippen molar-refractivity contribution in [1.29, 1.82) is 0 Å². The van der Waals surface area contributed by atoms with Crippen molar-refractivity contribution in [2.45, 2.75) is 32.1 Å². The van der Waals surface area contributed by atoms with E-state index in [9.17, 15) is 4.79 Å². The Balaban J connectivity index is 0.00000256. The van der Waals surface area contributed by atoms with E-state index in [-0.39, 0.29) is 24.1 Å². The van der Waals surface area contributed by atoms with Crippen molar-refractivity contribution < 1.29 is 9.53 Å². The normalized spacial score (nSPS) is 17.2. The summed E-state index contributed by atoms with van der Waals surface area (Å²) in [5, 5.41) is 3.36. The van der Waals surface area contributed by atoms with Crippen molar-refractivity contribution >= 4 is 41.2 Å². The second kappa shape index (κ2) is 11.0. The van der Waals surface area contributed by atoms with Gasteiger partial charge >= 0.3 is 0 Å². The molecule has 0 spiro atoms. The number of hydrogen-bond acceptors (Lipinski definition) is 4. The molecular formula is C22H28Cl2N4O2. The van der Waals surface area contributed by atoms with E-state index in [0.717, 1.165) is 63.4 Å². The molecule has 2 aromatic rings. The second-order valence-corrected chi connectivity index (χ2v) is 8.00. The number of amides is 1. The van der Waals surface area contributed by atoms with Gasteiger partial charge in [-0.2, -0.15) is 0 Å². The summed E-state index contributed by atoms with van der Waals surface area (Å²) in [5.74, 6) is -0.0643. The first-order valence-corrected chi connectivity index (χ1v) is 10.7. The summed E-state index contributed by atoms with van der Waals surface area (Å²) in [5.41, 5.74) is 4.55. The SMILES string of the molecule is Cl.O=C(Nc1ccc(CCN2CCOCC2)cc1C1=CCCCC1)c1ncc(Cl)[nH]1. The molecule has 0 atom stereocenters. The Morgan fingerprint density at radius 2 is 2.10 bits per heavy atom. The molecule has 0 bridgehead atoms. The summed E-state index contributed by atoms with van der Waals surface area (Å²) < 4.78 is 5.44. The lowest BCUT2D eigenvalue weighted by atomic mass is 9.91. The topological polar surface area (TPSA) is 70.2 Å². The number of carbonyl (C=O) groups is 1. The molecule has 1 aromatic carbocycles. The number of allylic oxidation sites excluding steroid dienone is 2. The lowest BCUT2D eigenvalue weighted by Gasteiger charge is -2.26. The largest absolute Gasteiger partial charge is 0.379 e. The van der Waals surface area contributed by atoms with Crippen LogP contribution in [0.3, 0.4) is 0 Å². The predicted molar refractivity (Wildman–Crippen MR) is 123 cm³/mol. The van der Waals surface area contributed by atoms with Gasteiger partial charge in [0.15, 0.2) is 5.82 Å². The molecule has 1 aliphatic heterocycles. The highest BCUT2D eigenvalue weighted by atomic mass is 35.5. The minimum Gasteiger partial charge on any atom is -0.379 e. The van der Waals surface area contributed by atoms with Gasteiger partial charge in [0.1, 0.15) is 5.15 Å². The molecular weight excluding hydrogens is 423 g/mol. The Bertz CT molecular complexity index is 891. The van der Waals surface area contributed by atoms with E-state index in [4.69, 9.17) is 16.3 Å². The number of nitrogens with one attached hydrogen (secondary N) is 2. The van der Waals surface area contributed by atoms with Crippen LogP contribution in [0, 0.1) is 0 Å². The van der Waals surface area contributed by atoms with Gasteiger partial charge < -0.3 is 15.0 Å². The summed E-state index contributed by atoms with van der Waals surface area (Å²) in [4.78, 5) is 21.8. The zero-order chi connectivity index (χ0) is 20.1. The Hall–Kier alpha value is -1.86. The highest BCUT2D eigenvalue weighted by Crippen LogP contribution is 2.33. The predicted octanol–water partition coefficient (Wildman–Crippen LogP) is 4.57. The second-order valence-electron chi connectivity index (χ2n) is 7.59. The Kier molecular flexibility index (Phi) is 8.33. The number of anilines is 1. The van der Waals surface area contributed by atoms with Gasteiger partial charge in [-0.05, 0) is 55.4 Å². The quantitative estimate of drug-likeness (QED) is 0.675. The van der Waals surface area contributed by atoms with Gasteiger partial charge in [0.05, 0.1) is 19.4 Å². The highest BCUT2D eigenvalue weighted by Gasteiger charge is 2.17. The maximum Gasteiger partial charge on any atom is 0.291 e. The number of nitrogens with zero attached hydrogens (tertiary/aromatic N) is 2. The molecule has 0 saturated carbocycles. The monoisotopic (exact) mass is 450 g/mol. The summed E-state index contributed by atoms with van der Waals surface area (Å²) in [6.07, 6.45) is 9.29. The van der Waals surface area contributed by atoms with Gasteiger partial charge in [0.2, 0.25) is 0 Å². The number of rotatable bonds is 6. The Morgan fingerprint density at radius 1 is 1.27 bits per heavy atom. The smallest absolute Gasteiger partial charge is 0.291 e. The maximum absolute atomic E-state index is 12.6. The average molecular weight is 451 g/mol. The molecule has 4 rings (SSSR count). The highest BCUT2D eigenvalue weighted by molar-refractivity contribution is 6.29. The number of H-pyrrole nitrogens is 1. The molecule has 6 nitrogen and oxygen atoms in total. The maximum atomic E-state index is 12.6. The first kappa shape index (κ1) is 22.8. The first-order chi connectivity index (χ1) is 14.2. The number of aromatic nitrogens is 2. The fourth-order valence-electron chi connectivity index (χ4n) is 3.91. The van der Waals surface area contributed by atoms with Crippen molar-refractivity contribution in [1.82, 2.24) is 14.9 Å². The van der Waals surface area contributed by atoms with Crippen LogP contribution < -0.4 is 5.32 Å². The summed E-state index contributed by atoms with van der Waals surface area (Å²) in [6, 6.07) is 6.36. The lowest BCUT2D eigenvalue weighted by Crippen LogP contribution is -2.37. The number of imidazole rings is 1. The van der Waals surface area contributed by atoms with E-state index < -0.39 is 0 Å². The summed E-state index contributed by atoms with van der Waals surface area (Å²) >= 11 is 5.86. The third-order valence-corrected chi connectivity index (χ3v) is 5.74. The number of benzene rings is 1. The molecule has 2 aliphatic rings. The number of morpholine rings is 1. The number of ether oxygens (including phenoxy) is 1. The van der Waals surface area contributed by atoms with E-state index in [0.29, 0.717) is 5.15 Å². The Labute approximate surface area is 188 Å². The fourth-order valence-corrected chi connectivity index (χ4v) is 4.05.